The van der Waals surface area contributed by atoms with Crippen LogP contribution in [-0.4, -0.2) is 106 Å². The van der Waals surface area contributed by atoms with Crippen LogP contribution in [0.2, 0.25) is 10.6 Å². The van der Waals surface area contributed by atoms with E-state index in [1.807, 2.05) is 0 Å². The minimum atomic E-state index is -1.51. The quantitative estimate of drug-likeness (QED) is 0.0578. The Labute approximate surface area is 510 Å². The molecule has 0 radical (unpaired) electrons. The van der Waals surface area contributed by atoms with Crippen LogP contribution in [0.15, 0.2) is 12.7 Å². The molecule has 14 rings (SSSR count). The summed E-state index contributed by atoms with van der Waals surface area (Å²) in [5, 5.41) is -0.122. The molecule has 0 bridgehead atoms. The van der Waals surface area contributed by atoms with Crippen LogP contribution in [-0.2, 0) is 37.9 Å². The van der Waals surface area contributed by atoms with Gasteiger partial charge in [-0.05, 0) is 148 Å². The van der Waals surface area contributed by atoms with Crippen molar-refractivity contribution in [3.63, 3.8) is 0 Å². The summed E-state index contributed by atoms with van der Waals surface area (Å²) in [6.45, 7) is -0.623. The first-order valence-corrected chi connectivity index (χ1v) is 32.5. The second-order valence-corrected chi connectivity index (χ2v) is 28.3. The van der Waals surface area contributed by atoms with Crippen molar-refractivity contribution in [2.45, 2.75) is 228 Å². The van der Waals surface area contributed by atoms with E-state index in [4.69, 9.17) is 85.4 Å². The number of ether oxygens (including phenoxy) is 8. The van der Waals surface area contributed by atoms with Crippen molar-refractivity contribution in [1.82, 2.24) is 39.0 Å². The largest absolute Gasteiger partial charge is 0.508 e. The molecule has 0 aromatic carbocycles. The minimum absolute atomic E-state index is 0.0610. The molecule has 4 aromatic rings. The summed E-state index contributed by atoms with van der Waals surface area (Å²) < 4.78 is 54.9. The number of nitrogens with zero attached hydrogens (tertiary/aromatic N) is 8. The Hall–Kier alpha value is -5.87. The van der Waals surface area contributed by atoms with Crippen LogP contribution in [0.1, 0.15) is 192 Å². The van der Waals surface area contributed by atoms with Crippen molar-refractivity contribution in [3.8, 4) is 24.7 Å². The Balaban J connectivity index is 0.738. The number of carbonyl (C=O) groups excluding carboxylic acids is 3. The number of halogens is 2. The SMILES string of the molecule is C#CC1(COC(=O)OC2CC3(CCCCC3)C2)OC(n2cnc3c(N)nc(Cl)nc32)CC1C1C(OC(=O)OC2CC3(CCCCC3)C2C2CC(n3cnc4c(N)nc(Cl)nc43)OC2(C#C)COC(=O)OC2CC3(CCCCC3)C2)CC12CCCCC2. The third-order valence-corrected chi connectivity index (χ3v) is 23.4. The standard InChI is InChI=1S/C63H78Cl2N10O11/c1-3-62(33-79-55(76)81-37-27-58(28-37)17-9-5-10-18-58)39(25-43(85-62)74-35-68-47-49(66)70-53(64)72-51(47)74)45-41(31-60(45)21-13-7-14-22-60)83-57(78)84-42-32-61(23-15-8-16-24-61)46(42)40-26-44(75-36-69-48-50(67)71-54(65)73-52(48)75)86-63(40,4-2)34-80-56(77)82-38-29-59(30-38)19-11-6-12-20-59/h1-2,35-46H,5-34H2,(H2,66,70,72)(H2,67,71,73). The maximum Gasteiger partial charge on any atom is 0.508 e. The van der Waals surface area contributed by atoms with Gasteiger partial charge in [-0.2, -0.15) is 19.9 Å². The van der Waals surface area contributed by atoms with Gasteiger partial charge in [-0.25, -0.2) is 24.4 Å². The fraction of sp³-hybridized carbons (Fsp3) is 0.730. The Kier molecular flexibility index (Phi) is 15.0. The first-order valence-electron chi connectivity index (χ1n) is 31.7. The maximum absolute atomic E-state index is 15.0. The van der Waals surface area contributed by atoms with E-state index in [1.54, 1.807) is 21.8 Å². The number of imidazole rings is 2. The molecule has 4 aromatic heterocycles. The highest BCUT2D eigenvalue weighted by molar-refractivity contribution is 6.29. The third-order valence-electron chi connectivity index (χ3n) is 23.1. The number of hydrogen-bond acceptors (Lipinski definition) is 19. The molecule has 86 heavy (non-hydrogen) atoms. The fourth-order valence-corrected chi connectivity index (χ4v) is 19.3. The molecule has 8 saturated carbocycles. The zero-order valence-electron chi connectivity index (χ0n) is 48.8. The fourth-order valence-electron chi connectivity index (χ4n) is 19.0. The van der Waals surface area contributed by atoms with Crippen LogP contribution < -0.4 is 11.5 Å². The lowest BCUT2D eigenvalue weighted by atomic mass is 9.47. The Morgan fingerprint density at radius 2 is 0.907 bits per heavy atom. The monoisotopic (exact) mass is 1220 g/mol. The molecule has 10 atom stereocenters. The number of carbonyl (C=O) groups is 3. The lowest BCUT2D eigenvalue weighted by Gasteiger charge is -2.61. The summed E-state index contributed by atoms with van der Waals surface area (Å²) in [5.41, 5.74) is 10.9. The minimum Gasteiger partial charge on any atom is -0.431 e. The van der Waals surface area contributed by atoms with Crippen molar-refractivity contribution in [3.05, 3.63) is 23.2 Å². The van der Waals surface area contributed by atoms with Crippen molar-refractivity contribution in [2.24, 2.45) is 45.3 Å². The highest BCUT2D eigenvalue weighted by Crippen LogP contribution is 2.67. The molecule has 10 fully saturated rings. The molecule has 10 unspecified atom stereocenters. The normalized spacial score (nSPS) is 33.8. The number of aromatic nitrogens is 8. The van der Waals surface area contributed by atoms with Crippen molar-refractivity contribution < 1.29 is 52.3 Å². The molecular formula is C63H78Cl2N10O11. The molecule has 4 N–H and O–H groups in total. The highest BCUT2D eigenvalue weighted by Gasteiger charge is 2.68. The number of hydrogen-bond donors (Lipinski definition) is 2. The molecule has 10 aliphatic rings. The van der Waals surface area contributed by atoms with E-state index in [-0.39, 0.29) is 81.1 Å². The topological polar surface area (TPSA) is 264 Å². The van der Waals surface area contributed by atoms with Gasteiger partial charge < -0.3 is 49.4 Å². The molecule has 2 aliphatic heterocycles. The number of fused-ring (bicyclic) bond motifs is 2. The predicted octanol–water partition coefficient (Wildman–Crippen LogP) is 12.3. The number of anilines is 2. The average Bonchev–Trinajstić information content (AvgIpc) is 1.35. The molecule has 2 saturated heterocycles. The molecule has 21 nitrogen and oxygen atoms in total. The van der Waals surface area contributed by atoms with Gasteiger partial charge in [0, 0.05) is 23.7 Å². The van der Waals surface area contributed by atoms with Gasteiger partial charge in [-0.3, -0.25) is 9.13 Å². The average molecular weight is 1220 g/mol. The Morgan fingerprint density at radius 3 is 1.28 bits per heavy atom. The van der Waals surface area contributed by atoms with E-state index >= 15 is 0 Å². The maximum atomic E-state index is 15.0. The van der Waals surface area contributed by atoms with Crippen molar-refractivity contribution in [2.75, 3.05) is 24.7 Å². The van der Waals surface area contributed by atoms with Crippen LogP contribution in [0.5, 0.6) is 0 Å². The van der Waals surface area contributed by atoms with Gasteiger partial charge in [0.15, 0.2) is 34.1 Å². The number of nitrogen functional groups attached to an aromatic ring is 2. The van der Waals surface area contributed by atoms with Gasteiger partial charge in [0.2, 0.25) is 10.6 Å². The van der Waals surface area contributed by atoms with E-state index in [0.717, 1.165) is 116 Å². The lowest BCUT2D eigenvalue weighted by Crippen LogP contribution is -2.62. The predicted molar refractivity (Wildman–Crippen MR) is 313 cm³/mol. The van der Waals surface area contributed by atoms with Gasteiger partial charge in [0.25, 0.3) is 0 Å². The van der Waals surface area contributed by atoms with Crippen LogP contribution in [0.3, 0.4) is 0 Å². The summed E-state index contributed by atoms with van der Waals surface area (Å²) in [6, 6.07) is 0. The van der Waals surface area contributed by atoms with Crippen molar-refractivity contribution in [1.29, 1.82) is 0 Å². The first-order chi connectivity index (χ1) is 41.6. The van der Waals surface area contributed by atoms with Gasteiger partial charge in [0.1, 0.15) is 61.1 Å². The summed E-state index contributed by atoms with van der Waals surface area (Å²) in [5.74, 6) is 4.49. The first kappa shape index (κ1) is 57.8. The Bertz CT molecular complexity index is 3130. The highest BCUT2D eigenvalue weighted by atomic mass is 35.5. The van der Waals surface area contributed by atoms with E-state index < -0.39 is 66.2 Å². The molecule has 6 heterocycles. The van der Waals surface area contributed by atoms with Crippen molar-refractivity contribution >= 4 is 75.6 Å². The van der Waals surface area contributed by atoms with Crippen LogP contribution in [0, 0.1) is 70.0 Å². The number of rotatable bonds is 12. The van der Waals surface area contributed by atoms with E-state index in [0.29, 0.717) is 48.0 Å². The van der Waals surface area contributed by atoms with Gasteiger partial charge in [-0.15, -0.1) is 12.8 Å². The second kappa shape index (κ2) is 22.3. The van der Waals surface area contributed by atoms with Crippen LogP contribution >= 0.6 is 23.2 Å². The number of terminal acetylenes is 2. The smallest absolute Gasteiger partial charge is 0.431 e. The van der Waals surface area contributed by atoms with E-state index in [2.05, 4.69) is 41.7 Å². The van der Waals surface area contributed by atoms with E-state index in [1.165, 1.54) is 38.5 Å². The molecule has 460 valence electrons. The summed E-state index contributed by atoms with van der Waals surface area (Å²) in [4.78, 5) is 68.8. The molecule has 0 amide bonds. The Morgan fingerprint density at radius 1 is 0.535 bits per heavy atom. The van der Waals surface area contributed by atoms with Gasteiger partial charge in [-0.1, -0.05) is 88.9 Å². The summed E-state index contributed by atoms with van der Waals surface area (Å²) >= 11 is 12.8. The van der Waals surface area contributed by atoms with Gasteiger partial charge >= 0.3 is 18.5 Å². The second-order valence-electron chi connectivity index (χ2n) is 27.7. The van der Waals surface area contributed by atoms with E-state index in [9.17, 15) is 14.4 Å². The molecule has 4 spiro atoms. The summed E-state index contributed by atoms with van der Waals surface area (Å²) in [7, 11) is 0. The van der Waals surface area contributed by atoms with Crippen LogP contribution in [0.4, 0.5) is 26.0 Å². The third kappa shape index (κ3) is 10.1. The lowest BCUT2D eigenvalue weighted by molar-refractivity contribution is -0.209. The zero-order valence-corrected chi connectivity index (χ0v) is 50.3. The van der Waals surface area contributed by atoms with Crippen LogP contribution in [0.25, 0.3) is 22.3 Å². The molecular weight excluding hydrogens is 1140 g/mol. The number of nitrogens with two attached hydrogens (primary N) is 2. The molecule has 23 heteroatoms. The molecule has 8 aliphatic carbocycles. The zero-order chi connectivity index (χ0) is 59.2. The van der Waals surface area contributed by atoms with Gasteiger partial charge in [0.05, 0.1) is 12.7 Å². The summed E-state index contributed by atoms with van der Waals surface area (Å²) in [6.07, 6.45) is 37.3.